The Labute approximate surface area is 207 Å². The van der Waals surface area contributed by atoms with Crippen LogP contribution >= 0.6 is 0 Å². The maximum Gasteiger partial charge on any atom is 0.358 e. The largest absolute Gasteiger partial charge is 0.378 e. The molecule has 0 bridgehead atoms. The summed E-state index contributed by atoms with van der Waals surface area (Å²) >= 11 is 0. The molecule has 0 aromatic heterocycles. The summed E-state index contributed by atoms with van der Waals surface area (Å²) in [5.41, 5.74) is 6.77. The van der Waals surface area contributed by atoms with E-state index in [-0.39, 0.29) is 5.78 Å². The lowest BCUT2D eigenvalue weighted by atomic mass is 10.0. The lowest BCUT2D eigenvalue weighted by Gasteiger charge is -2.40. The Kier molecular flexibility index (Phi) is 6.40. The molecule has 1 N–H and O–H groups in total. The predicted molar refractivity (Wildman–Crippen MR) is 134 cm³/mol. The Morgan fingerprint density at radius 2 is 1.74 bits per heavy atom. The van der Waals surface area contributed by atoms with Gasteiger partial charge in [-0.2, -0.15) is 15.0 Å². The number of guanidine groups is 2. The highest BCUT2D eigenvalue weighted by Crippen LogP contribution is 2.30. The molecule has 0 amide bonds. The van der Waals surface area contributed by atoms with Gasteiger partial charge in [-0.3, -0.25) is 14.6 Å². The van der Waals surface area contributed by atoms with Gasteiger partial charge in [0.25, 0.3) is 5.96 Å². The van der Waals surface area contributed by atoms with Crippen molar-refractivity contribution in [1.29, 1.82) is 0 Å². The number of morpholine rings is 1. The van der Waals surface area contributed by atoms with Gasteiger partial charge in [-0.05, 0) is 31.5 Å². The average molecular weight is 479 g/mol. The smallest absolute Gasteiger partial charge is 0.358 e. The third-order valence-corrected chi connectivity index (χ3v) is 7.76. The van der Waals surface area contributed by atoms with Gasteiger partial charge in [0, 0.05) is 31.8 Å². The second kappa shape index (κ2) is 9.81. The maximum absolute atomic E-state index is 13.2. The number of hydrogen-bond donors (Lipinski definition) is 1. The molecule has 9 nitrogen and oxygen atoms in total. The molecule has 5 heterocycles. The number of likely N-dealkylation sites (tertiary alicyclic amines) is 1. The number of nitrogens with one attached hydrogen (secondary N) is 1. The van der Waals surface area contributed by atoms with Crippen LogP contribution in [0.4, 0.5) is 0 Å². The van der Waals surface area contributed by atoms with Crippen LogP contribution in [0.1, 0.15) is 24.8 Å². The molecule has 9 heteroatoms. The Morgan fingerprint density at radius 3 is 2.54 bits per heavy atom. The van der Waals surface area contributed by atoms with Crippen molar-refractivity contribution in [1.82, 2.24) is 20.1 Å². The van der Waals surface area contributed by atoms with Crippen molar-refractivity contribution in [2.75, 3.05) is 72.1 Å². The predicted octanol–water partition coefficient (Wildman–Crippen LogP) is 1.20. The number of fused-ring (bicyclic) bond motifs is 1. The van der Waals surface area contributed by atoms with Gasteiger partial charge in [0.1, 0.15) is 18.8 Å². The number of hydrogen-bond acceptors (Lipinski definition) is 8. The molecule has 5 aliphatic heterocycles. The topological polar surface area (TPSA) is 72.8 Å². The zero-order valence-corrected chi connectivity index (χ0v) is 20.5. The van der Waals surface area contributed by atoms with Crippen LogP contribution in [0.3, 0.4) is 0 Å². The van der Waals surface area contributed by atoms with E-state index in [1.54, 1.807) is 0 Å². The lowest BCUT2D eigenvalue weighted by Crippen LogP contribution is -2.66. The molecule has 2 saturated heterocycles. The van der Waals surface area contributed by atoms with Gasteiger partial charge in [0.15, 0.2) is 5.78 Å². The van der Waals surface area contributed by atoms with Gasteiger partial charge in [0.05, 0.1) is 26.3 Å². The molecule has 1 aromatic rings. The van der Waals surface area contributed by atoms with E-state index in [1.807, 2.05) is 6.07 Å². The summed E-state index contributed by atoms with van der Waals surface area (Å²) in [7, 11) is 0. The van der Waals surface area contributed by atoms with Crippen LogP contribution in [0, 0.1) is 0 Å². The molecular formula is C26H36N7O2+. The molecule has 0 radical (unpaired) electrons. The summed E-state index contributed by atoms with van der Waals surface area (Å²) in [6.45, 7) is 9.98. The van der Waals surface area contributed by atoms with Crippen molar-refractivity contribution >= 4 is 17.7 Å². The number of aliphatic imine (C=N–C) groups is 2. The first-order valence-corrected chi connectivity index (χ1v) is 13.1. The van der Waals surface area contributed by atoms with Crippen molar-refractivity contribution in [3.8, 4) is 0 Å². The summed E-state index contributed by atoms with van der Waals surface area (Å²) in [5, 5.41) is 0. The summed E-state index contributed by atoms with van der Waals surface area (Å²) in [6.07, 6.45) is 3.89. The third-order valence-electron chi connectivity index (χ3n) is 7.76. The monoisotopic (exact) mass is 478 g/mol. The zero-order valence-electron chi connectivity index (χ0n) is 20.5. The van der Waals surface area contributed by atoms with Crippen LogP contribution in [0.2, 0.25) is 0 Å². The Hall–Kier alpha value is -2.59. The van der Waals surface area contributed by atoms with Crippen molar-refractivity contribution in [2.24, 2.45) is 9.98 Å². The quantitative estimate of drug-likeness (QED) is 0.642. The molecule has 2 fully saturated rings. The van der Waals surface area contributed by atoms with Crippen molar-refractivity contribution < 1.29 is 14.1 Å². The number of rotatable bonds is 5. The molecule has 0 spiro atoms. The lowest BCUT2D eigenvalue weighted by molar-refractivity contribution is -0.870. The Bertz CT molecular complexity index is 1040. The number of carbonyl (C=O) groups excluding carboxylic acids is 1. The minimum absolute atomic E-state index is 0.110. The highest BCUT2D eigenvalue weighted by molar-refractivity contribution is 6.03. The molecule has 1 unspecified atom stereocenters. The fourth-order valence-corrected chi connectivity index (χ4v) is 5.86. The molecule has 6 rings (SSSR count). The molecule has 35 heavy (non-hydrogen) atoms. The zero-order chi connectivity index (χ0) is 23.7. The van der Waals surface area contributed by atoms with Crippen LogP contribution in [0.25, 0.3) is 0 Å². The number of ketones is 1. The van der Waals surface area contributed by atoms with Crippen molar-refractivity contribution in [2.45, 2.75) is 25.8 Å². The Balaban J connectivity index is 1.25. The highest BCUT2D eigenvalue weighted by Gasteiger charge is 2.49. The molecule has 0 aliphatic carbocycles. The molecular weight excluding hydrogens is 442 g/mol. The number of ether oxygens (including phenoxy) is 1. The molecule has 1 atom stereocenters. The first kappa shape index (κ1) is 22.8. The summed E-state index contributed by atoms with van der Waals surface area (Å²) in [4.78, 5) is 30.2. The van der Waals surface area contributed by atoms with Crippen molar-refractivity contribution in [3.05, 3.63) is 47.2 Å². The van der Waals surface area contributed by atoms with E-state index < -0.39 is 0 Å². The third kappa shape index (κ3) is 4.78. The van der Waals surface area contributed by atoms with Gasteiger partial charge in [0.2, 0.25) is 0 Å². The number of nitrogens with zero attached hydrogens (tertiary/aromatic N) is 6. The fourth-order valence-electron chi connectivity index (χ4n) is 5.86. The van der Waals surface area contributed by atoms with Gasteiger partial charge in [-0.25, -0.2) is 0 Å². The van der Waals surface area contributed by atoms with Gasteiger partial charge in [-0.1, -0.05) is 36.8 Å². The summed E-state index contributed by atoms with van der Waals surface area (Å²) in [6, 6.07) is 10.4. The van der Waals surface area contributed by atoms with Gasteiger partial charge < -0.3 is 9.64 Å². The van der Waals surface area contributed by atoms with E-state index in [9.17, 15) is 4.79 Å². The maximum atomic E-state index is 13.2. The van der Waals surface area contributed by atoms with E-state index in [2.05, 4.69) is 44.4 Å². The fraction of sp³-hybridized carbons (Fsp3) is 0.577. The van der Waals surface area contributed by atoms with Gasteiger partial charge >= 0.3 is 5.96 Å². The molecule has 0 saturated carbocycles. The van der Waals surface area contributed by atoms with Crippen molar-refractivity contribution in [3.63, 3.8) is 0 Å². The number of Topliss-reactive ketones (excluding diaryl/α,β-unsaturated/α-hetero) is 1. The number of carbonyl (C=O) groups is 1. The molecule has 186 valence electrons. The van der Waals surface area contributed by atoms with Gasteiger partial charge in [-0.15, -0.1) is 4.99 Å². The van der Waals surface area contributed by atoms with E-state index in [4.69, 9.17) is 14.7 Å². The second-order valence-electron chi connectivity index (χ2n) is 10.3. The highest BCUT2D eigenvalue weighted by atomic mass is 16.5. The van der Waals surface area contributed by atoms with Crippen LogP contribution in [0.5, 0.6) is 0 Å². The first-order valence-electron chi connectivity index (χ1n) is 13.1. The Morgan fingerprint density at radius 1 is 0.943 bits per heavy atom. The van der Waals surface area contributed by atoms with E-state index in [0.29, 0.717) is 30.0 Å². The van der Waals surface area contributed by atoms with E-state index in [1.165, 1.54) is 37.9 Å². The summed E-state index contributed by atoms with van der Waals surface area (Å²) in [5.74, 6) is 1.73. The SMILES string of the molecule is O=C1CN(Cc2ccccc2)CC2=C1N=C1N=C(N3CCOCC3)N[N+]1(CCN1CCCCC1)C2. The number of quaternary nitrogens is 1. The van der Waals surface area contributed by atoms with Crippen LogP contribution in [-0.4, -0.2) is 109 Å². The molecule has 5 aliphatic rings. The van der Waals surface area contributed by atoms with Crippen LogP contribution in [0.15, 0.2) is 51.6 Å². The average Bonchev–Trinajstić information content (AvgIpc) is 3.27. The second-order valence-corrected chi connectivity index (χ2v) is 10.3. The number of benzene rings is 1. The van der Waals surface area contributed by atoms with E-state index in [0.717, 1.165) is 63.3 Å². The number of piperidine rings is 1. The minimum atomic E-state index is 0.110. The van der Waals surface area contributed by atoms with E-state index >= 15 is 0 Å². The first-order chi connectivity index (χ1) is 17.2. The minimum Gasteiger partial charge on any atom is -0.378 e. The summed E-state index contributed by atoms with van der Waals surface area (Å²) < 4.78 is 6.07. The van der Waals surface area contributed by atoms with Crippen LogP contribution < -0.4 is 5.43 Å². The molecule has 1 aromatic carbocycles. The standard InChI is InChI=1S/C26H36N7O2/c34-23-19-31(17-21-7-3-1-4-8-21)18-22-20-33(14-11-30-9-5-2-6-10-30)26(27-24(22)23)28-25(29-33)32-12-15-35-16-13-32/h1,3-4,7-8H,2,5-6,9-20H2,(H,27,28,29)/q+1. The normalized spacial score (nSPS) is 27.8. The van der Waals surface area contributed by atoms with Crippen LogP contribution in [-0.2, 0) is 16.1 Å².